The zero-order valence-corrected chi connectivity index (χ0v) is 12.8. The SMILES string of the molecule is CC(C)OCc1ccc(C(=O)N(C)CCCC(=O)O)cc1. The van der Waals surface area contributed by atoms with Crippen LogP contribution in [0.2, 0.25) is 0 Å². The summed E-state index contributed by atoms with van der Waals surface area (Å²) in [4.78, 5) is 24.1. The van der Waals surface area contributed by atoms with E-state index in [0.717, 1.165) is 5.56 Å². The van der Waals surface area contributed by atoms with Crippen LogP contribution in [0.15, 0.2) is 24.3 Å². The number of amides is 1. The zero-order chi connectivity index (χ0) is 15.8. The molecule has 0 aliphatic heterocycles. The highest BCUT2D eigenvalue weighted by Crippen LogP contribution is 2.09. The van der Waals surface area contributed by atoms with Gasteiger partial charge in [-0.05, 0) is 38.0 Å². The molecule has 0 bridgehead atoms. The Hall–Kier alpha value is -1.88. The summed E-state index contributed by atoms with van der Waals surface area (Å²) in [5.41, 5.74) is 1.62. The van der Waals surface area contributed by atoms with Crippen molar-refractivity contribution in [3.05, 3.63) is 35.4 Å². The molecule has 0 aliphatic rings. The van der Waals surface area contributed by atoms with Crippen molar-refractivity contribution in [3.63, 3.8) is 0 Å². The summed E-state index contributed by atoms with van der Waals surface area (Å²) in [6.45, 7) is 4.91. The molecule has 0 aromatic heterocycles. The maximum atomic E-state index is 12.1. The molecule has 1 aromatic rings. The van der Waals surface area contributed by atoms with E-state index in [0.29, 0.717) is 25.1 Å². The van der Waals surface area contributed by atoms with E-state index in [4.69, 9.17) is 9.84 Å². The fourth-order valence-electron chi connectivity index (χ4n) is 1.80. The summed E-state index contributed by atoms with van der Waals surface area (Å²) >= 11 is 0. The van der Waals surface area contributed by atoms with E-state index in [2.05, 4.69) is 0 Å². The summed E-state index contributed by atoms with van der Waals surface area (Å²) in [5.74, 6) is -0.943. The molecule has 0 fully saturated rings. The number of nitrogens with zero attached hydrogens (tertiary/aromatic N) is 1. The number of ether oxygens (including phenoxy) is 1. The van der Waals surface area contributed by atoms with Gasteiger partial charge in [0.05, 0.1) is 12.7 Å². The molecule has 0 saturated heterocycles. The highest BCUT2D eigenvalue weighted by atomic mass is 16.5. The number of aliphatic carboxylic acids is 1. The largest absolute Gasteiger partial charge is 0.481 e. The van der Waals surface area contributed by atoms with Gasteiger partial charge in [0.15, 0.2) is 0 Å². The van der Waals surface area contributed by atoms with E-state index < -0.39 is 5.97 Å². The van der Waals surface area contributed by atoms with E-state index >= 15 is 0 Å². The number of hydrogen-bond acceptors (Lipinski definition) is 3. The number of carbonyl (C=O) groups excluding carboxylic acids is 1. The lowest BCUT2D eigenvalue weighted by atomic mass is 10.1. The average Bonchev–Trinajstić information content (AvgIpc) is 2.44. The minimum absolute atomic E-state index is 0.0725. The Bertz CT molecular complexity index is 468. The summed E-state index contributed by atoms with van der Waals surface area (Å²) in [7, 11) is 1.68. The number of hydrogen-bond donors (Lipinski definition) is 1. The van der Waals surface area contributed by atoms with E-state index in [9.17, 15) is 9.59 Å². The Morgan fingerprint density at radius 3 is 2.38 bits per heavy atom. The Morgan fingerprint density at radius 1 is 1.24 bits per heavy atom. The van der Waals surface area contributed by atoms with Gasteiger partial charge in [-0.3, -0.25) is 9.59 Å². The van der Waals surface area contributed by atoms with Crippen LogP contribution < -0.4 is 0 Å². The van der Waals surface area contributed by atoms with E-state index in [1.54, 1.807) is 24.1 Å². The molecule has 0 spiro atoms. The van der Waals surface area contributed by atoms with Gasteiger partial charge in [-0.2, -0.15) is 0 Å². The van der Waals surface area contributed by atoms with E-state index in [1.807, 2.05) is 26.0 Å². The van der Waals surface area contributed by atoms with Gasteiger partial charge in [-0.15, -0.1) is 0 Å². The average molecular weight is 293 g/mol. The lowest BCUT2D eigenvalue weighted by Gasteiger charge is -2.17. The van der Waals surface area contributed by atoms with E-state index in [1.165, 1.54) is 0 Å². The fraction of sp³-hybridized carbons (Fsp3) is 0.500. The van der Waals surface area contributed by atoms with Gasteiger partial charge in [-0.1, -0.05) is 12.1 Å². The van der Waals surface area contributed by atoms with Crippen LogP contribution in [0.4, 0.5) is 0 Å². The van der Waals surface area contributed by atoms with Crippen LogP contribution in [0.25, 0.3) is 0 Å². The van der Waals surface area contributed by atoms with Crippen LogP contribution in [-0.2, 0) is 16.1 Å². The first-order valence-electron chi connectivity index (χ1n) is 7.08. The zero-order valence-electron chi connectivity index (χ0n) is 12.8. The second-order valence-electron chi connectivity index (χ2n) is 5.28. The van der Waals surface area contributed by atoms with Gasteiger partial charge in [0.2, 0.25) is 0 Å². The topological polar surface area (TPSA) is 66.8 Å². The Labute approximate surface area is 125 Å². The Balaban J connectivity index is 2.51. The molecule has 0 aliphatic carbocycles. The highest BCUT2D eigenvalue weighted by molar-refractivity contribution is 5.94. The highest BCUT2D eigenvalue weighted by Gasteiger charge is 2.11. The lowest BCUT2D eigenvalue weighted by Crippen LogP contribution is -2.28. The third-order valence-corrected chi connectivity index (χ3v) is 3.02. The molecule has 21 heavy (non-hydrogen) atoms. The third kappa shape index (κ3) is 6.40. The monoisotopic (exact) mass is 293 g/mol. The smallest absolute Gasteiger partial charge is 0.303 e. The molecule has 0 radical (unpaired) electrons. The molecule has 0 atom stereocenters. The molecule has 1 aromatic carbocycles. The Morgan fingerprint density at radius 2 is 1.86 bits per heavy atom. The van der Waals surface area contributed by atoms with Crippen LogP contribution >= 0.6 is 0 Å². The number of carboxylic acid groups (broad SMARTS) is 1. The van der Waals surface area contributed by atoms with Gasteiger partial charge >= 0.3 is 5.97 Å². The van der Waals surface area contributed by atoms with Crippen molar-refractivity contribution in [1.29, 1.82) is 0 Å². The molecule has 1 rings (SSSR count). The molecular formula is C16H23NO4. The minimum Gasteiger partial charge on any atom is -0.481 e. The van der Waals surface area contributed by atoms with Gasteiger partial charge in [0, 0.05) is 25.6 Å². The lowest BCUT2D eigenvalue weighted by molar-refractivity contribution is -0.137. The summed E-state index contributed by atoms with van der Waals surface area (Å²) < 4.78 is 5.50. The Kier molecular flexibility index (Phi) is 6.88. The number of benzene rings is 1. The number of carbonyl (C=O) groups is 2. The second-order valence-corrected chi connectivity index (χ2v) is 5.28. The molecule has 0 heterocycles. The minimum atomic E-state index is -0.842. The first-order chi connectivity index (χ1) is 9.90. The van der Waals surface area contributed by atoms with Crippen molar-refractivity contribution in [2.24, 2.45) is 0 Å². The fourth-order valence-corrected chi connectivity index (χ4v) is 1.80. The van der Waals surface area contributed by atoms with Crippen molar-refractivity contribution in [2.75, 3.05) is 13.6 Å². The van der Waals surface area contributed by atoms with Crippen molar-refractivity contribution in [3.8, 4) is 0 Å². The van der Waals surface area contributed by atoms with Gasteiger partial charge in [0.25, 0.3) is 5.91 Å². The van der Waals surface area contributed by atoms with E-state index in [-0.39, 0.29) is 18.4 Å². The van der Waals surface area contributed by atoms with Crippen LogP contribution in [0, 0.1) is 0 Å². The molecule has 5 heteroatoms. The normalized spacial score (nSPS) is 10.7. The van der Waals surface area contributed by atoms with Gasteiger partial charge in [-0.25, -0.2) is 0 Å². The maximum Gasteiger partial charge on any atom is 0.303 e. The van der Waals surface area contributed by atoms with Gasteiger partial charge < -0.3 is 14.7 Å². The molecule has 116 valence electrons. The maximum absolute atomic E-state index is 12.1. The molecule has 0 unspecified atom stereocenters. The van der Waals surface area contributed by atoms with Crippen LogP contribution in [-0.4, -0.2) is 41.6 Å². The molecule has 5 nitrogen and oxygen atoms in total. The van der Waals surface area contributed by atoms with Crippen LogP contribution in [0.3, 0.4) is 0 Å². The molecule has 0 saturated carbocycles. The molecule has 1 amide bonds. The summed E-state index contributed by atoms with van der Waals surface area (Å²) in [6.07, 6.45) is 0.702. The summed E-state index contributed by atoms with van der Waals surface area (Å²) in [5, 5.41) is 8.59. The van der Waals surface area contributed by atoms with Crippen molar-refractivity contribution in [2.45, 2.75) is 39.4 Å². The first-order valence-corrected chi connectivity index (χ1v) is 7.08. The number of rotatable bonds is 8. The predicted molar refractivity (Wildman–Crippen MR) is 80.2 cm³/mol. The second kappa shape index (κ2) is 8.42. The van der Waals surface area contributed by atoms with Crippen molar-refractivity contribution in [1.82, 2.24) is 4.90 Å². The van der Waals surface area contributed by atoms with Crippen LogP contribution in [0.5, 0.6) is 0 Å². The van der Waals surface area contributed by atoms with Crippen molar-refractivity contribution >= 4 is 11.9 Å². The van der Waals surface area contributed by atoms with Crippen molar-refractivity contribution < 1.29 is 19.4 Å². The predicted octanol–water partition coefficient (Wildman–Crippen LogP) is 2.55. The standard InChI is InChI=1S/C16H23NO4/c1-12(2)21-11-13-6-8-14(9-7-13)16(20)17(3)10-4-5-15(18)19/h6-9,12H,4-5,10-11H2,1-3H3,(H,18,19). The first kappa shape index (κ1) is 17.2. The molecular weight excluding hydrogens is 270 g/mol. The summed E-state index contributed by atoms with van der Waals surface area (Å²) in [6, 6.07) is 7.30. The number of carboxylic acids is 1. The van der Waals surface area contributed by atoms with Crippen LogP contribution in [0.1, 0.15) is 42.6 Å². The van der Waals surface area contributed by atoms with Gasteiger partial charge in [0.1, 0.15) is 0 Å². The third-order valence-electron chi connectivity index (χ3n) is 3.02. The quantitative estimate of drug-likeness (QED) is 0.800. The molecule has 1 N–H and O–H groups in total.